The summed E-state index contributed by atoms with van der Waals surface area (Å²) >= 11 is 0. The standard InChI is InChI=1S/C14H17NO3/c1-10-6-7-11-4-2-3-5-12(11)15(10)13(16)8-9-14(17)18/h2-5,10H,6-9H2,1H3,(H,17,18). The molecular weight excluding hydrogens is 230 g/mol. The topological polar surface area (TPSA) is 57.6 Å². The Hall–Kier alpha value is -1.84. The molecule has 1 aromatic carbocycles. The van der Waals surface area contributed by atoms with Crippen LogP contribution in [0.15, 0.2) is 24.3 Å². The van der Waals surface area contributed by atoms with Gasteiger partial charge >= 0.3 is 5.97 Å². The molecule has 1 atom stereocenters. The van der Waals surface area contributed by atoms with Crippen LogP contribution in [0.4, 0.5) is 5.69 Å². The quantitative estimate of drug-likeness (QED) is 0.891. The van der Waals surface area contributed by atoms with Crippen LogP contribution in [0.2, 0.25) is 0 Å². The fourth-order valence-corrected chi connectivity index (χ4v) is 2.40. The Morgan fingerprint density at radius 1 is 1.33 bits per heavy atom. The number of fused-ring (bicyclic) bond motifs is 1. The number of carbonyl (C=O) groups is 2. The molecule has 96 valence electrons. The minimum Gasteiger partial charge on any atom is -0.481 e. The number of nitrogens with zero attached hydrogens (tertiary/aromatic N) is 1. The predicted octanol–water partition coefficient (Wildman–Crippen LogP) is 2.22. The van der Waals surface area contributed by atoms with E-state index in [9.17, 15) is 9.59 Å². The maximum absolute atomic E-state index is 12.1. The van der Waals surface area contributed by atoms with E-state index in [1.165, 1.54) is 5.56 Å². The van der Waals surface area contributed by atoms with E-state index in [2.05, 4.69) is 0 Å². The molecule has 2 rings (SSSR count). The lowest BCUT2D eigenvalue weighted by Gasteiger charge is -2.35. The van der Waals surface area contributed by atoms with Gasteiger partial charge in [-0.3, -0.25) is 9.59 Å². The highest BCUT2D eigenvalue weighted by molar-refractivity contribution is 5.96. The van der Waals surface area contributed by atoms with Crippen LogP contribution in [-0.4, -0.2) is 23.0 Å². The van der Waals surface area contributed by atoms with Gasteiger partial charge in [-0.2, -0.15) is 0 Å². The van der Waals surface area contributed by atoms with E-state index in [0.717, 1.165) is 18.5 Å². The lowest BCUT2D eigenvalue weighted by molar-refractivity contribution is -0.138. The normalized spacial score (nSPS) is 18.3. The molecule has 0 fully saturated rings. The SMILES string of the molecule is CC1CCc2ccccc2N1C(=O)CCC(=O)O. The Morgan fingerprint density at radius 2 is 2.06 bits per heavy atom. The summed E-state index contributed by atoms with van der Waals surface area (Å²) in [6, 6.07) is 7.98. The van der Waals surface area contributed by atoms with Gasteiger partial charge < -0.3 is 10.0 Å². The van der Waals surface area contributed by atoms with E-state index in [4.69, 9.17) is 5.11 Å². The number of rotatable bonds is 3. The van der Waals surface area contributed by atoms with Gasteiger partial charge in [-0.05, 0) is 31.4 Å². The smallest absolute Gasteiger partial charge is 0.303 e. The molecule has 1 aromatic rings. The van der Waals surface area contributed by atoms with Gasteiger partial charge in [0.1, 0.15) is 0 Å². The van der Waals surface area contributed by atoms with E-state index < -0.39 is 5.97 Å². The fourth-order valence-electron chi connectivity index (χ4n) is 2.40. The molecule has 0 spiro atoms. The first-order valence-corrected chi connectivity index (χ1v) is 6.21. The van der Waals surface area contributed by atoms with Crippen LogP contribution >= 0.6 is 0 Å². The summed E-state index contributed by atoms with van der Waals surface area (Å²) in [5, 5.41) is 8.65. The van der Waals surface area contributed by atoms with Gasteiger partial charge in [0.15, 0.2) is 0 Å². The molecule has 0 aromatic heterocycles. The number of aliphatic carboxylic acids is 1. The molecule has 1 aliphatic heterocycles. The second kappa shape index (κ2) is 5.21. The van der Waals surface area contributed by atoms with Crippen molar-refractivity contribution in [3.63, 3.8) is 0 Å². The lowest BCUT2D eigenvalue weighted by atomic mass is 9.96. The van der Waals surface area contributed by atoms with Crippen LogP contribution in [0.25, 0.3) is 0 Å². The molecule has 0 radical (unpaired) electrons. The highest BCUT2D eigenvalue weighted by atomic mass is 16.4. The van der Waals surface area contributed by atoms with E-state index in [1.54, 1.807) is 4.90 Å². The molecule has 0 saturated heterocycles. The second-order valence-corrected chi connectivity index (χ2v) is 4.67. The Morgan fingerprint density at radius 3 is 2.78 bits per heavy atom. The van der Waals surface area contributed by atoms with E-state index >= 15 is 0 Å². The van der Waals surface area contributed by atoms with Crippen LogP contribution in [0, 0.1) is 0 Å². The van der Waals surface area contributed by atoms with Crippen LogP contribution in [0.3, 0.4) is 0 Å². The van der Waals surface area contributed by atoms with Crippen molar-refractivity contribution < 1.29 is 14.7 Å². The van der Waals surface area contributed by atoms with Gasteiger partial charge in [0.25, 0.3) is 0 Å². The average molecular weight is 247 g/mol. The number of hydrogen-bond donors (Lipinski definition) is 1. The molecule has 1 N–H and O–H groups in total. The molecule has 18 heavy (non-hydrogen) atoms. The molecule has 0 bridgehead atoms. The summed E-state index contributed by atoms with van der Waals surface area (Å²) in [7, 11) is 0. The first-order chi connectivity index (χ1) is 8.59. The van der Waals surface area contributed by atoms with Crippen LogP contribution in [0.5, 0.6) is 0 Å². The van der Waals surface area contributed by atoms with Crippen molar-refractivity contribution in [3.8, 4) is 0 Å². The van der Waals surface area contributed by atoms with E-state index in [1.807, 2.05) is 31.2 Å². The summed E-state index contributed by atoms with van der Waals surface area (Å²) in [5.41, 5.74) is 2.10. The minimum absolute atomic E-state index is 0.0635. The third kappa shape index (κ3) is 2.53. The summed E-state index contributed by atoms with van der Waals surface area (Å²) in [5.74, 6) is -1.03. The Balaban J connectivity index is 2.21. The number of carboxylic acids is 1. The second-order valence-electron chi connectivity index (χ2n) is 4.67. The van der Waals surface area contributed by atoms with Crippen molar-refractivity contribution in [3.05, 3.63) is 29.8 Å². The highest BCUT2D eigenvalue weighted by Gasteiger charge is 2.27. The minimum atomic E-state index is -0.929. The number of carboxylic acid groups (broad SMARTS) is 1. The fraction of sp³-hybridized carbons (Fsp3) is 0.429. The van der Waals surface area contributed by atoms with Gasteiger partial charge in [0.2, 0.25) is 5.91 Å². The summed E-state index contributed by atoms with van der Waals surface area (Å²) in [6.07, 6.45) is 1.86. The maximum atomic E-state index is 12.1. The number of aryl methyl sites for hydroxylation is 1. The molecular formula is C14H17NO3. The zero-order chi connectivity index (χ0) is 13.1. The monoisotopic (exact) mass is 247 g/mol. The highest BCUT2D eigenvalue weighted by Crippen LogP contribution is 2.30. The number of anilines is 1. The number of hydrogen-bond acceptors (Lipinski definition) is 2. The van der Waals surface area contributed by atoms with Crippen molar-refractivity contribution in [2.75, 3.05) is 4.90 Å². The van der Waals surface area contributed by atoms with Crippen LogP contribution in [0.1, 0.15) is 31.7 Å². The van der Waals surface area contributed by atoms with Gasteiger partial charge in [-0.1, -0.05) is 18.2 Å². The van der Waals surface area contributed by atoms with E-state index in [0.29, 0.717) is 0 Å². The zero-order valence-corrected chi connectivity index (χ0v) is 10.4. The van der Waals surface area contributed by atoms with Crippen molar-refractivity contribution in [2.45, 2.75) is 38.6 Å². The first-order valence-electron chi connectivity index (χ1n) is 6.21. The Kier molecular flexibility index (Phi) is 3.65. The summed E-state index contributed by atoms with van der Waals surface area (Å²) < 4.78 is 0. The molecule has 1 heterocycles. The number of amides is 1. The first kappa shape index (κ1) is 12.6. The van der Waals surface area contributed by atoms with Crippen molar-refractivity contribution in [2.24, 2.45) is 0 Å². The lowest BCUT2D eigenvalue weighted by Crippen LogP contribution is -2.42. The predicted molar refractivity (Wildman–Crippen MR) is 68.6 cm³/mol. The van der Waals surface area contributed by atoms with Gasteiger partial charge in [-0.25, -0.2) is 0 Å². The largest absolute Gasteiger partial charge is 0.481 e. The van der Waals surface area contributed by atoms with Crippen molar-refractivity contribution >= 4 is 17.6 Å². The molecule has 0 aliphatic carbocycles. The number of para-hydroxylation sites is 1. The van der Waals surface area contributed by atoms with Crippen molar-refractivity contribution in [1.29, 1.82) is 0 Å². The van der Waals surface area contributed by atoms with Gasteiger partial charge in [-0.15, -0.1) is 0 Å². The molecule has 4 heteroatoms. The number of carbonyl (C=O) groups excluding carboxylic acids is 1. The van der Waals surface area contributed by atoms with Crippen molar-refractivity contribution in [1.82, 2.24) is 0 Å². The third-order valence-electron chi connectivity index (χ3n) is 3.34. The maximum Gasteiger partial charge on any atom is 0.303 e. The average Bonchev–Trinajstić information content (AvgIpc) is 2.36. The Bertz CT molecular complexity index is 470. The van der Waals surface area contributed by atoms with Gasteiger partial charge in [0, 0.05) is 18.2 Å². The summed E-state index contributed by atoms with van der Waals surface area (Å²) in [6.45, 7) is 2.01. The van der Waals surface area contributed by atoms with E-state index in [-0.39, 0.29) is 24.8 Å². The Labute approximate surface area is 106 Å². The molecule has 1 aliphatic rings. The molecule has 1 unspecified atom stereocenters. The molecule has 1 amide bonds. The van der Waals surface area contributed by atoms with Gasteiger partial charge in [0.05, 0.1) is 6.42 Å². The molecule has 4 nitrogen and oxygen atoms in total. The third-order valence-corrected chi connectivity index (χ3v) is 3.34. The zero-order valence-electron chi connectivity index (χ0n) is 10.4. The number of benzene rings is 1. The van der Waals surface area contributed by atoms with Crippen LogP contribution < -0.4 is 4.90 Å². The molecule has 0 saturated carbocycles. The summed E-state index contributed by atoms with van der Waals surface area (Å²) in [4.78, 5) is 24.4. The van der Waals surface area contributed by atoms with Crippen LogP contribution in [-0.2, 0) is 16.0 Å².